The van der Waals surface area contributed by atoms with Crippen LogP contribution in [-0.4, -0.2) is 9.97 Å². The monoisotopic (exact) mass is 624 g/mol. The smallest absolute Gasteiger partial charge is 0.156 e. The first-order valence-electron chi connectivity index (χ1n) is 16.5. The van der Waals surface area contributed by atoms with Crippen LogP contribution in [0.25, 0.3) is 21.9 Å². The number of rotatable bonds is 7. The van der Waals surface area contributed by atoms with Crippen molar-refractivity contribution in [2.24, 2.45) is 0 Å². The van der Waals surface area contributed by atoms with Crippen molar-refractivity contribution in [3.05, 3.63) is 167 Å². The number of aromatic nitrogens is 2. The van der Waals surface area contributed by atoms with E-state index in [-0.39, 0.29) is 0 Å². The predicted octanol–water partition coefficient (Wildman–Crippen LogP) is 12.1. The topological polar surface area (TPSA) is 32.3 Å². The van der Waals surface area contributed by atoms with Crippen molar-refractivity contribution in [2.75, 3.05) is 9.80 Å². The van der Waals surface area contributed by atoms with Gasteiger partial charge in [0.2, 0.25) is 0 Å². The summed E-state index contributed by atoms with van der Waals surface area (Å²) in [6.07, 6.45) is 5.31. The summed E-state index contributed by atoms with van der Waals surface area (Å²) < 4.78 is 0. The minimum Gasteiger partial charge on any atom is -0.309 e. The second kappa shape index (κ2) is 12.8. The Bertz CT molecular complexity index is 2140. The van der Waals surface area contributed by atoms with Crippen molar-refractivity contribution in [3.63, 3.8) is 0 Å². The molecular weight excluding hydrogens is 585 g/mol. The quantitative estimate of drug-likeness (QED) is 0.177. The van der Waals surface area contributed by atoms with E-state index in [1.807, 2.05) is 6.20 Å². The molecule has 0 bridgehead atoms. The van der Waals surface area contributed by atoms with E-state index in [2.05, 4.69) is 172 Å². The highest BCUT2D eigenvalue weighted by Crippen LogP contribution is 2.46. The van der Waals surface area contributed by atoms with Crippen LogP contribution in [0.3, 0.4) is 0 Å². The van der Waals surface area contributed by atoms with Crippen LogP contribution in [0.4, 0.5) is 34.3 Å². The van der Waals surface area contributed by atoms with Crippen LogP contribution in [0.2, 0.25) is 0 Å². The van der Waals surface area contributed by atoms with Crippen LogP contribution < -0.4 is 9.80 Å². The van der Waals surface area contributed by atoms with Gasteiger partial charge in [-0.25, -0.2) is 4.98 Å². The fourth-order valence-corrected chi connectivity index (χ4v) is 7.33. The van der Waals surface area contributed by atoms with Crippen molar-refractivity contribution >= 4 is 45.0 Å². The molecular formula is C44H40N4. The maximum absolute atomic E-state index is 4.82. The number of hydrogen-bond donors (Lipinski definition) is 0. The molecule has 0 saturated heterocycles. The summed E-state index contributed by atoms with van der Waals surface area (Å²) in [4.78, 5) is 14.0. The molecule has 1 aromatic heterocycles. The van der Waals surface area contributed by atoms with Crippen molar-refractivity contribution in [2.45, 2.75) is 41.5 Å². The molecule has 6 aromatic carbocycles. The Kier molecular flexibility index (Phi) is 8.24. The molecule has 0 aliphatic carbocycles. The molecule has 4 heteroatoms. The Morgan fingerprint density at radius 1 is 0.500 bits per heavy atom. The lowest BCUT2D eigenvalue weighted by Gasteiger charge is -2.32. The van der Waals surface area contributed by atoms with Crippen LogP contribution in [0.15, 0.2) is 134 Å². The Hall–Kier alpha value is -5.74. The summed E-state index contributed by atoms with van der Waals surface area (Å²) in [6, 6.07) is 41.6. The number of fused-ring (bicyclic) bond motifs is 1. The zero-order chi connectivity index (χ0) is 33.4. The molecule has 0 aliphatic rings. The third-order valence-electron chi connectivity index (χ3n) is 9.07. The second-order valence-electron chi connectivity index (χ2n) is 12.8. The first-order chi connectivity index (χ1) is 23.3. The van der Waals surface area contributed by atoms with Gasteiger partial charge < -0.3 is 4.90 Å². The summed E-state index contributed by atoms with van der Waals surface area (Å²) in [5.74, 6) is 0.755. The summed E-state index contributed by atoms with van der Waals surface area (Å²) in [6.45, 7) is 13.2. The zero-order valence-electron chi connectivity index (χ0n) is 28.5. The van der Waals surface area contributed by atoms with E-state index >= 15 is 0 Å². The number of hydrogen-bond acceptors (Lipinski definition) is 4. The molecule has 0 N–H and O–H groups in total. The van der Waals surface area contributed by atoms with Gasteiger partial charge in [-0.05, 0) is 110 Å². The Morgan fingerprint density at radius 3 is 1.60 bits per heavy atom. The lowest BCUT2D eigenvalue weighted by molar-refractivity contribution is 1.12. The Balaban J connectivity index is 1.44. The highest BCUT2D eigenvalue weighted by atomic mass is 15.2. The van der Waals surface area contributed by atoms with Gasteiger partial charge in [-0.3, -0.25) is 9.88 Å². The van der Waals surface area contributed by atoms with Gasteiger partial charge in [0.15, 0.2) is 5.82 Å². The average molecular weight is 625 g/mol. The molecule has 0 spiro atoms. The fraction of sp³-hybridized carbons (Fsp3) is 0.136. The first kappa shape index (κ1) is 30.9. The van der Waals surface area contributed by atoms with E-state index in [0.29, 0.717) is 0 Å². The molecule has 7 rings (SSSR count). The van der Waals surface area contributed by atoms with E-state index in [0.717, 1.165) is 34.0 Å². The van der Waals surface area contributed by atoms with Gasteiger partial charge in [0.05, 0.1) is 23.3 Å². The standard InChI is InChI=1S/C44H40N4/c1-29-24-31(3)43(32(4)25-29)48(44-33(5)26-30(2)27-34(44)6)38-19-17-37(18-20-38)47(41-28-45-22-23-46-41)40-21-16-35-12-10-11-15-39(35)42(40)36-13-8-7-9-14-36/h7-28H,1-6H3. The molecule has 0 aliphatic heterocycles. The van der Waals surface area contributed by atoms with Crippen molar-refractivity contribution in [1.82, 2.24) is 9.97 Å². The van der Waals surface area contributed by atoms with Crippen LogP contribution in [0.5, 0.6) is 0 Å². The molecule has 0 saturated carbocycles. The Labute approximate surface area is 284 Å². The fourth-order valence-electron chi connectivity index (χ4n) is 7.33. The van der Waals surface area contributed by atoms with E-state index < -0.39 is 0 Å². The van der Waals surface area contributed by atoms with Crippen LogP contribution >= 0.6 is 0 Å². The maximum atomic E-state index is 4.82. The minimum atomic E-state index is 0.755. The number of anilines is 6. The second-order valence-corrected chi connectivity index (χ2v) is 12.8. The van der Waals surface area contributed by atoms with Gasteiger partial charge in [0, 0.05) is 29.3 Å². The minimum absolute atomic E-state index is 0.755. The average Bonchev–Trinajstić information content (AvgIpc) is 3.08. The van der Waals surface area contributed by atoms with E-state index in [1.54, 1.807) is 12.4 Å². The van der Waals surface area contributed by atoms with Crippen molar-refractivity contribution in [3.8, 4) is 11.1 Å². The van der Waals surface area contributed by atoms with Gasteiger partial charge in [-0.2, -0.15) is 0 Å². The van der Waals surface area contributed by atoms with Crippen LogP contribution in [-0.2, 0) is 0 Å². The van der Waals surface area contributed by atoms with Crippen LogP contribution in [0, 0.1) is 41.5 Å². The lowest BCUT2D eigenvalue weighted by atomic mass is 9.95. The van der Waals surface area contributed by atoms with E-state index in [9.17, 15) is 0 Å². The van der Waals surface area contributed by atoms with Gasteiger partial charge >= 0.3 is 0 Å². The van der Waals surface area contributed by atoms with E-state index in [1.165, 1.54) is 55.5 Å². The summed E-state index contributed by atoms with van der Waals surface area (Å²) in [5.41, 5.74) is 15.4. The van der Waals surface area contributed by atoms with E-state index in [4.69, 9.17) is 4.98 Å². The summed E-state index contributed by atoms with van der Waals surface area (Å²) in [7, 11) is 0. The number of nitrogens with zero attached hydrogens (tertiary/aromatic N) is 4. The van der Waals surface area contributed by atoms with Crippen LogP contribution in [0.1, 0.15) is 33.4 Å². The number of benzene rings is 6. The first-order valence-corrected chi connectivity index (χ1v) is 16.5. The molecule has 48 heavy (non-hydrogen) atoms. The molecule has 0 radical (unpaired) electrons. The largest absolute Gasteiger partial charge is 0.309 e. The molecule has 0 fully saturated rings. The molecule has 4 nitrogen and oxygen atoms in total. The number of aryl methyl sites for hydroxylation is 6. The van der Waals surface area contributed by atoms with Gasteiger partial charge in [0.25, 0.3) is 0 Å². The van der Waals surface area contributed by atoms with Gasteiger partial charge in [0.1, 0.15) is 0 Å². The van der Waals surface area contributed by atoms with Crippen molar-refractivity contribution in [1.29, 1.82) is 0 Å². The third-order valence-corrected chi connectivity index (χ3v) is 9.07. The molecule has 7 aromatic rings. The summed E-state index contributed by atoms with van der Waals surface area (Å²) in [5, 5.41) is 2.38. The van der Waals surface area contributed by atoms with Crippen molar-refractivity contribution < 1.29 is 0 Å². The summed E-state index contributed by atoms with van der Waals surface area (Å²) >= 11 is 0. The lowest BCUT2D eigenvalue weighted by Crippen LogP contribution is -2.17. The Morgan fingerprint density at radius 2 is 1.04 bits per heavy atom. The molecule has 236 valence electrons. The molecule has 0 atom stereocenters. The third kappa shape index (κ3) is 5.71. The normalized spacial score (nSPS) is 11.1. The maximum Gasteiger partial charge on any atom is 0.156 e. The van der Waals surface area contributed by atoms with Gasteiger partial charge in [-0.15, -0.1) is 0 Å². The SMILES string of the molecule is Cc1cc(C)c(N(c2ccc(N(c3cnccn3)c3ccc4ccccc4c3-c3ccccc3)cc2)c2c(C)cc(C)cc2C)c(C)c1. The molecule has 0 unspecified atom stereocenters. The highest BCUT2D eigenvalue weighted by Gasteiger charge is 2.24. The van der Waals surface area contributed by atoms with Gasteiger partial charge in [-0.1, -0.05) is 96.1 Å². The highest BCUT2D eigenvalue weighted by molar-refractivity contribution is 6.05. The molecule has 1 heterocycles. The molecule has 0 amide bonds. The zero-order valence-corrected chi connectivity index (χ0v) is 28.5. The predicted molar refractivity (Wildman–Crippen MR) is 203 cm³/mol.